The largest absolute Gasteiger partial charge is 0.512 e. The number of aromatic hydroxyl groups is 1. The van der Waals surface area contributed by atoms with E-state index in [1.165, 1.54) is 13.3 Å². The molecule has 8 nitrogen and oxygen atoms in total. The van der Waals surface area contributed by atoms with Gasteiger partial charge in [-0.25, -0.2) is 0 Å². The summed E-state index contributed by atoms with van der Waals surface area (Å²) in [6.45, 7) is 5.87. The summed E-state index contributed by atoms with van der Waals surface area (Å²) in [5.74, 6) is -3.53. The van der Waals surface area contributed by atoms with Gasteiger partial charge in [0.2, 0.25) is 0 Å². The van der Waals surface area contributed by atoms with E-state index < -0.39 is 23.2 Å². The van der Waals surface area contributed by atoms with Crippen molar-refractivity contribution >= 4 is 11.7 Å². The maximum Gasteiger partial charge on any atom is 0.250 e. The van der Waals surface area contributed by atoms with E-state index in [-0.39, 0.29) is 52.2 Å². The van der Waals surface area contributed by atoms with E-state index in [0.717, 1.165) is 42.6 Å². The van der Waals surface area contributed by atoms with E-state index in [4.69, 9.17) is 5.73 Å². The molecule has 1 heterocycles. The molecular weight excluding hydrogens is 460 g/mol. The highest BCUT2D eigenvalue weighted by atomic mass is 16.3. The highest BCUT2D eigenvalue weighted by Crippen LogP contribution is 2.54. The number of carbonyl (C=O) groups is 2. The van der Waals surface area contributed by atoms with Gasteiger partial charge in [-0.15, -0.1) is 0 Å². The van der Waals surface area contributed by atoms with Crippen LogP contribution in [-0.4, -0.2) is 55.7 Å². The molecule has 4 atom stereocenters. The summed E-state index contributed by atoms with van der Waals surface area (Å²) >= 11 is 0. The number of aryl methyl sites for hydroxylation is 1. The van der Waals surface area contributed by atoms with Crippen LogP contribution in [0.3, 0.4) is 0 Å². The molecule has 4 unspecified atom stereocenters. The highest BCUT2D eigenvalue weighted by molar-refractivity contribution is 6.13. The maximum atomic E-state index is 13.9. The summed E-state index contributed by atoms with van der Waals surface area (Å²) in [5.41, 5.74) is 6.22. The van der Waals surface area contributed by atoms with Crippen molar-refractivity contribution in [3.63, 3.8) is 0 Å². The predicted molar refractivity (Wildman–Crippen MR) is 133 cm³/mol. The minimum Gasteiger partial charge on any atom is -0.512 e. The van der Waals surface area contributed by atoms with E-state index >= 15 is 0 Å². The molecule has 1 fully saturated rings. The number of fused-ring (bicyclic) bond motifs is 3. The number of likely N-dealkylation sites (tertiary alicyclic amines) is 1. The monoisotopic (exact) mass is 496 g/mol. The number of piperidine rings is 1. The summed E-state index contributed by atoms with van der Waals surface area (Å²) in [5, 5.41) is 44.5. The van der Waals surface area contributed by atoms with Crippen molar-refractivity contribution in [2.75, 3.05) is 13.1 Å². The lowest BCUT2D eigenvalue weighted by Gasteiger charge is -2.48. The SMILES string of the molecule is CCc1cc(CN2CCCCC2)c(O)c2c1CC1CC3CC(O)=C(C(N)=O)C(C)(O)C3C(O)=C1C2=O. The number of aliphatic hydroxyl groups excluding tert-OH is 2. The van der Waals surface area contributed by atoms with Gasteiger partial charge in [-0.2, -0.15) is 0 Å². The number of hydrogen-bond donors (Lipinski definition) is 5. The first-order valence-electron chi connectivity index (χ1n) is 13.1. The zero-order chi connectivity index (χ0) is 25.9. The average Bonchev–Trinajstić information content (AvgIpc) is 2.80. The Morgan fingerprint density at radius 1 is 1.14 bits per heavy atom. The van der Waals surface area contributed by atoms with Crippen LogP contribution in [0.1, 0.15) is 73.0 Å². The summed E-state index contributed by atoms with van der Waals surface area (Å²) in [7, 11) is 0. The van der Waals surface area contributed by atoms with Crippen LogP contribution < -0.4 is 5.73 Å². The minimum atomic E-state index is -1.92. The van der Waals surface area contributed by atoms with Gasteiger partial charge >= 0.3 is 0 Å². The fourth-order valence-corrected chi connectivity index (χ4v) is 7.31. The number of phenolic OH excluding ortho intramolecular Hbond substituents is 1. The summed E-state index contributed by atoms with van der Waals surface area (Å²) in [6, 6.07) is 2.02. The van der Waals surface area contributed by atoms with E-state index in [1.54, 1.807) is 0 Å². The standard InChI is InChI=1S/C28H36N2O6/c1-3-14-9-17(13-30-7-5-4-6-8-30)24(32)21-18(14)11-15-10-16-12-19(31)23(27(29)35)28(2,36)22(16)26(34)20(15)25(21)33/h9,15-16,22,31-32,34,36H,3-8,10-13H2,1-2H3,(H2,29,35). The molecule has 3 aliphatic carbocycles. The lowest BCUT2D eigenvalue weighted by atomic mass is 9.58. The number of ketones is 1. The zero-order valence-electron chi connectivity index (χ0n) is 21.0. The molecular formula is C28H36N2O6. The van der Waals surface area contributed by atoms with Gasteiger partial charge in [-0.3, -0.25) is 14.5 Å². The molecule has 4 aliphatic rings. The number of hydrogen-bond acceptors (Lipinski definition) is 7. The molecule has 1 amide bonds. The molecule has 36 heavy (non-hydrogen) atoms. The van der Waals surface area contributed by atoms with Crippen LogP contribution in [0.25, 0.3) is 0 Å². The number of benzene rings is 1. The normalized spacial score (nSPS) is 30.6. The highest BCUT2D eigenvalue weighted by Gasteiger charge is 2.55. The van der Waals surface area contributed by atoms with Gasteiger partial charge < -0.3 is 26.2 Å². The van der Waals surface area contributed by atoms with Crippen LogP contribution in [0.2, 0.25) is 0 Å². The molecule has 0 radical (unpaired) electrons. The number of primary amides is 1. The molecule has 8 heteroatoms. The maximum absolute atomic E-state index is 13.9. The first-order valence-corrected chi connectivity index (χ1v) is 13.1. The van der Waals surface area contributed by atoms with Gasteiger partial charge in [0.05, 0.1) is 17.1 Å². The van der Waals surface area contributed by atoms with Gasteiger partial charge in [-0.05, 0) is 75.1 Å². The van der Waals surface area contributed by atoms with Gasteiger partial charge in [0.1, 0.15) is 22.9 Å². The number of aliphatic hydroxyl groups is 3. The molecule has 5 rings (SSSR count). The smallest absolute Gasteiger partial charge is 0.250 e. The number of Topliss-reactive ketones (excluding diaryl/α,β-unsaturated/α-hetero) is 1. The number of nitrogens with two attached hydrogens (primary N) is 1. The van der Waals surface area contributed by atoms with Crippen LogP contribution in [0, 0.1) is 17.8 Å². The molecule has 1 saturated heterocycles. The molecule has 1 aromatic rings. The Labute approximate surface area is 211 Å². The van der Waals surface area contributed by atoms with Crippen molar-refractivity contribution in [1.82, 2.24) is 4.90 Å². The fraction of sp³-hybridized carbons (Fsp3) is 0.571. The molecule has 0 aromatic heterocycles. The van der Waals surface area contributed by atoms with E-state index in [2.05, 4.69) is 4.90 Å². The second-order valence-electron chi connectivity index (χ2n) is 11.1. The van der Waals surface area contributed by atoms with Crippen molar-refractivity contribution in [2.45, 2.75) is 70.9 Å². The Morgan fingerprint density at radius 2 is 1.83 bits per heavy atom. The number of amides is 1. The first kappa shape index (κ1) is 24.8. The third kappa shape index (κ3) is 3.73. The number of carbonyl (C=O) groups excluding carboxylic acids is 2. The average molecular weight is 497 g/mol. The number of rotatable bonds is 4. The first-order chi connectivity index (χ1) is 17.1. The molecule has 194 valence electrons. The topological polar surface area (TPSA) is 144 Å². The molecule has 0 spiro atoms. The number of phenols is 1. The Hall–Kier alpha value is -2.84. The number of allylic oxidation sites excluding steroid dienone is 2. The van der Waals surface area contributed by atoms with E-state index in [0.29, 0.717) is 25.8 Å². The predicted octanol–water partition coefficient (Wildman–Crippen LogP) is 3.20. The molecule has 1 aromatic carbocycles. The summed E-state index contributed by atoms with van der Waals surface area (Å²) < 4.78 is 0. The fourth-order valence-electron chi connectivity index (χ4n) is 7.31. The minimum absolute atomic E-state index is 0.0237. The molecule has 6 N–H and O–H groups in total. The van der Waals surface area contributed by atoms with E-state index in [1.807, 2.05) is 13.0 Å². The Bertz CT molecular complexity index is 1190. The van der Waals surface area contributed by atoms with Crippen molar-refractivity contribution in [1.29, 1.82) is 0 Å². The second kappa shape index (κ2) is 8.92. The van der Waals surface area contributed by atoms with Crippen LogP contribution in [0.15, 0.2) is 28.7 Å². The van der Waals surface area contributed by atoms with Crippen LogP contribution >= 0.6 is 0 Å². The van der Waals surface area contributed by atoms with Crippen molar-refractivity contribution < 1.29 is 30.0 Å². The third-order valence-corrected chi connectivity index (χ3v) is 8.86. The third-order valence-electron chi connectivity index (χ3n) is 8.86. The van der Waals surface area contributed by atoms with Gasteiger partial charge in [-0.1, -0.05) is 19.4 Å². The van der Waals surface area contributed by atoms with Crippen molar-refractivity contribution in [2.24, 2.45) is 23.5 Å². The van der Waals surface area contributed by atoms with Gasteiger partial charge in [0, 0.05) is 24.1 Å². The molecule has 1 aliphatic heterocycles. The number of nitrogens with zero attached hydrogens (tertiary/aromatic N) is 1. The summed E-state index contributed by atoms with van der Waals surface area (Å²) in [6.07, 6.45) is 5.19. The zero-order valence-corrected chi connectivity index (χ0v) is 21.0. The van der Waals surface area contributed by atoms with Crippen LogP contribution in [-0.2, 0) is 24.2 Å². The van der Waals surface area contributed by atoms with Crippen molar-refractivity contribution in [3.8, 4) is 5.75 Å². The lowest BCUT2D eigenvalue weighted by molar-refractivity contribution is -0.119. The Balaban J connectivity index is 1.60. The summed E-state index contributed by atoms with van der Waals surface area (Å²) in [4.78, 5) is 28.3. The quantitative estimate of drug-likeness (QED) is 0.430. The van der Waals surface area contributed by atoms with Crippen LogP contribution in [0.5, 0.6) is 5.75 Å². The van der Waals surface area contributed by atoms with E-state index in [9.17, 15) is 30.0 Å². The second-order valence-corrected chi connectivity index (χ2v) is 11.1. The van der Waals surface area contributed by atoms with Gasteiger partial charge in [0.15, 0.2) is 5.78 Å². The van der Waals surface area contributed by atoms with Crippen molar-refractivity contribution in [3.05, 3.63) is 51.0 Å². The van der Waals surface area contributed by atoms with Gasteiger partial charge in [0.25, 0.3) is 5.91 Å². The lowest BCUT2D eigenvalue weighted by Crippen LogP contribution is -2.52. The Morgan fingerprint density at radius 3 is 2.47 bits per heavy atom. The van der Waals surface area contributed by atoms with Crippen LogP contribution in [0.4, 0.5) is 0 Å². The Kier molecular flexibility index (Phi) is 6.16. The molecule has 0 bridgehead atoms. The molecule has 0 saturated carbocycles.